The zero-order valence-corrected chi connectivity index (χ0v) is 17.5. The first-order valence-electron chi connectivity index (χ1n) is 10.8. The van der Waals surface area contributed by atoms with Crippen molar-refractivity contribution in [2.75, 3.05) is 13.2 Å². The average molecular weight is 377 g/mol. The summed E-state index contributed by atoms with van der Waals surface area (Å²) in [7, 11) is 0. The highest BCUT2D eigenvalue weighted by Crippen LogP contribution is 2.62. The third-order valence-corrected chi connectivity index (χ3v) is 7.74. The van der Waals surface area contributed by atoms with Crippen LogP contribution in [-0.4, -0.2) is 30.9 Å². The topological polar surface area (TPSA) is 48.1 Å². The van der Waals surface area contributed by atoms with Crippen molar-refractivity contribution in [3.05, 3.63) is 12.3 Å². The van der Waals surface area contributed by atoms with Crippen molar-refractivity contribution in [1.29, 1.82) is 0 Å². The van der Waals surface area contributed by atoms with Crippen LogP contribution < -0.4 is 0 Å². The van der Waals surface area contributed by atoms with Crippen LogP contribution in [-0.2, 0) is 19.0 Å². The zero-order chi connectivity index (χ0) is 19.4. The number of allylic oxidation sites excluding steroid dienone is 1. The smallest absolute Gasteiger partial charge is 0.308 e. The molecule has 4 fully saturated rings. The van der Waals surface area contributed by atoms with E-state index in [1.807, 2.05) is 0 Å². The molecule has 4 heteroatoms. The molecule has 0 aromatic carbocycles. The lowest BCUT2D eigenvalue weighted by molar-refractivity contribution is -0.154. The molecule has 4 rings (SSSR count). The number of esters is 1. The SMILES string of the molecule is C=C(OCC(C)(C)COC(=O)C1CCC2(C)CC2C1)C1CCC2(C)OC2C1. The summed E-state index contributed by atoms with van der Waals surface area (Å²) >= 11 is 0. The molecule has 6 atom stereocenters. The second-order valence-corrected chi connectivity index (χ2v) is 10.9. The molecule has 0 N–H and O–H groups in total. The number of ether oxygens (including phenoxy) is 3. The molecule has 6 unspecified atom stereocenters. The molecule has 0 radical (unpaired) electrons. The standard InChI is InChI=1S/C23H36O4/c1-15(16-7-9-23(5)19(11-16)27-23)25-13-21(2,3)14-26-20(24)17-6-8-22(4)12-18(22)10-17/h16-19H,1,6-14H2,2-5H3. The summed E-state index contributed by atoms with van der Waals surface area (Å²) in [4.78, 5) is 12.5. The fourth-order valence-corrected chi connectivity index (χ4v) is 5.13. The minimum Gasteiger partial charge on any atom is -0.498 e. The van der Waals surface area contributed by atoms with Crippen molar-refractivity contribution >= 4 is 5.97 Å². The second kappa shape index (κ2) is 6.50. The van der Waals surface area contributed by atoms with E-state index in [2.05, 4.69) is 34.3 Å². The van der Waals surface area contributed by atoms with Gasteiger partial charge in [0.15, 0.2) is 0 Å². The summed E-state index contributed by atoms with van der Waals surface area (Å²) in [6.45, 7) is 13.8. The zero-order valence-electron chi connectivity index (χ0n) is 17.5. The van der Waals surface area contributed by atoms with Gasteiger partial charge < -0.3 is 14.2 Å². The number of hydrogen-bond acceptors (Lipinski definition) is 4. The Morgan fingerprint density at radius 3 is 2.52 bits per heavy atom. The van der Waals surface area contributed by atoms with Crippen molar-refractivity contribution in [1.82, 2.24) is 0 Å². The normalized spacial score (nSPS) is 42.5. The van der Waals surface area contributed by atoms with Gasteiger partial charge in [0.25, 0.3) is 0 Å². The Labute approximate surface area is 164 Å². The van der Waals surface area contributed by atoms with E-state index in [4.69, 9.17) is 14.2 Å². The molecule has 1 heterocycles. The van der Waals surface area contributed by atoms with Gasteiger partial charge in [0.1, 0.15) is 0 Å². The summed E-state index contributed by atoms with van der Waals surface area (Å²) in [5.41, 5.74) is 0.453. The molecule has 0 spiro atoms. The van der Waals surface area contributed by atoms with E-state index in [1.165, 1.54) is 12.8 Å². The molecular weight excluding hydrogens is 340 g/mol. The third-order valence-electron chi connectivity index (χ3n) is 7.74. The number of carbonyl (C=O) groups is 1. The van der Waals surface area contributed by atoms with Crippen LogP contribution in [0.25, 0.3) is 0 Å². The van der Waals surface area contributed by atoms with Crippen LogP contribution in [0.3, 0.4) is 0 Å². The van der Waals surface area contributed by atoms with Crippen molar-refractivity contribution < 1.29 is 19.0 Å². The van der Waals surface area contributed by atoms with Gasteiger partial charge in [-0.05, 0) is 63.2 Å². The molecule has 0 aromatic rings. The summed E-state index contributed by atoms with van der Waals surface area (Å²) in [5, 5.41) is 0. The van der Waals surface area contributed by atoms with E-state index in [-0.39, 0.29) is 22.9 Å². The second-order valence-electron chi connectivity index (χ2n) is 10.9. The van der Waals surface area contributed by atoms with Crippen molar-refractivity contribution in [3.63, 3.8) is 0 Å². The van der Waals surface area contributed by atoms with E-state index in [0.717, 1.165) is 43.8 Å². The molecule has 27 heavy (non-hydrogen) atoms. The lowest BCUT2D eigenvalue weighted by atomic mass is 9.82. The van der Waals surface area contributed by atoms with Gasteiger partial charge in [-0.3, -0.25) is 4.79 Å². The van der Waals surface area contributed by atoms with Crippen LogP contribution in [0.15, 0.2) is 12.3 Å². The van der Waals surface area contributed by atoms with Crippen LogP contribution in [0.4, 0.5) is 0 Å². The highest BCUT2D eigenvalue weighted by Gasteiger charge is 2.56. The molecule has 152 valence electrons. The average Bonchev–Trinajstić information content (AvgIpc) is 3.49. The maximum Gasteiger partial charge on any atom is 0.308 e. The minimum absolute atomic E-state index is 0.00620. The monoisotopic (exact) mass is 376 g/mol. The van der Waals surface area contributed by atoms with Crippen LogP contribution in [0.1, 0.15) is 72.6 Å². The van der Waals surface area contributed by atoms with Gasteiger partial charge in [-0.15, -0.1) is 0 Å². The Morgan fingerprint density at radius 1 is 1.11 bits per heavy atom. The fraction of sp³-hybridized carbons (Fsp3) is 0.870. The maximum absolute atomic E-state index is 12.5. The lowest BCUT2D eigenvalue weighted by Gasteiger charge is -2.30. The summed E-state index contributed by atoms with van der Waals surface area (Å²) in [5.74, 6) is 2.10. The van der Waals surface area contributed by atoms with Crippen LogP contribution in [0.5, 0.6) is 0 Å². The van der Waals surface area contributed by atoms with Gasteiger partial charge in [-0.25, -0.2) is 0 Å². The number of fused-ring (bicyclic) bond motifs is 2. The number of epoxide rings is 1. The van der Waals surface area contributed by atoms with E-state index in [0.29, 0.717) is 30.7 Å². The molecule has 4 nitrogen and oxygen atoms in total. The van der Waals surface area contributed by atoms with Crippen LogP contribution in [0.2, 0.25) is 0 Å². The summed E-state index contributed by atoms with van der Waals surface area (Å²) in [6, 6.07) is 0. The Morgan fingerprint density at radius 2 is 1.81 bits per heavy atom. The first kappa shape index (κ1) is 19.3. The molecule has 1 aliphatic heterocycles. The molecule has 0 aromatic heterocycles. The number of hydrogen-bond donors (Lipinski definition) is 0. The molecular formula is C23H36O4. The van der Waals surface area contributed by atoms with Crippen LogP contribution in [0, 0.1) is 28.6 Å². The molecule has 3 aliphatic carbocycles. The Kier molecular flexibility index (Phi) is 4.65. The van der Waals surface area contributed by atoms with E-state index in [1.54, 1.807) is 0 Å². The Balaban J connectivity index is 1.17. The quantitative estimate of drug-likeness (QED) is 0.361. The lowest BCUT2D eigenvalue weighted by Crippen LogP contribution is -2.31. The van der Waals surface area contributed by atoms with Crippen molar-refractivity contribution in [2.45, 2.75) is 84.3 Å². The predicted molar refractivity (Wildman–Crippen MR) is 104 cm³/mol. The van der Waals surface area contributed by atoms with Gasteiger partial charge in [0.2, 0.25) is 0 Å². The molecule has 0 bridgehead atoms. The largest absolute Gasteiger partial charge is 0.498 e. The molecule has 1 saturated heterocycles. The van der Waals surface area contributed by atoms with Crippen molar-refractivity contribution in [3.8, 4) is 0 Å². The maximum atomic E-state index is 12.5. The molecule has 3 saturated carbocycles. The van der Waals surface area contributed by atoms with Gasteiger partial charge in [-0.1, -0.05) is 27.4 Å². The van der Waals surface area contributed by atoms with Gasteiger partial charge >= 0.3 is 5.97 Å². The third kappa shape index (κ3) is 4.06. The first-order valence-corrected chi connectivity index (χ1v) is 10.8. The van der Waals surface area contributed by atoms with E-state index in [9.17, 15) is 4.79 Å². The minimum atomic E-state index is -0.208. The molecule has 0 amide bonds. The molecule has 4 aliphatic rings. The van der Waals surface area contributed by atoms with E-state index < -0.39 is 0 Å². The number of carbonyl (C=O) groups excluding carboxylic acids is 1. The van der Waals surface area contributed by atoms with Crippen LogP contribution >= 0.6 is 0 Å². The van der Waals surface area contributed by atoms with Crippen molar-refractivity contribution in [2.24, 2.45) is 28.6 Å². The summed E-state index contributed by atoms with van der Waals surface area (Å²) < 4.78 is 17.5. The van der Waals surface area contributed by atoms with Gasteiger partial charge in [0.05, 0.1) is 36.6 Å². The summed E-state index contributed by atoms with van der Waals surface area (Å²) in [6.07, 6.45) is 8.06. The van der Waals surface area contributed by atoms with Gasteiger partial charge in [-0.2, -0.15) is 0 Å². The van der Waals surface area contributed by atoms with Gasteiger partial charge in [0, 0.05) is 11.3 Å². The highest BCUT2D eigenvalue weighted by atomic mass is 16.6. The highest BCUT2D eigenvalue weighted by molar-refractivity contribution is 5.72. The van der Waals surface area contributed by atoms with E-state index >= 15 is 0 Å². The first-order chi connectivity index (χ1) is 12.6. The fourth-order valence-electron chi connectivity index (χ4n) is 5.13. The Bertz CT molecular complexity index is 574. The predicted octanol–water partition coefficient (Wildman–Crippen LogP) is 4.87. The number of rotatable bonds is 7. The Hall–Kier alpha value is -1.03.